The molecule has 2 aromatic carbocycles. The van der Waals surface area contributed by atoms with Gasteiger partial charge < -0.3 is 10.2 Å². The molecule has 1 aliphatic heterocycles. The van der Waals surface area contributed by atoms with Gasteiger partial charge in [-0.15, -0.1) is 0 Å². The highest BCUT2D eigenvalue weighted by atomic mass is 32.2. The van der Waals surface area contributed by atoms with Gasteiger partial charge >= 0.3 is 0 Å². The molecule has 34 heavy (non-hydrogen) atoms. The molecule has 2 aromatic rings. The Morgan fingerprint density at radius 2 is 1.50 bits per heavy atom. The van der Waals surface area contributed by atoms with Crippen molar-refractivity contribution in [3.05, 3.63) is 51.6 Å². The van der Waals surface area contributed by atoms with Crippen LogP contribution >= 0.6 is 0 Å². The van der Waals surface area contributed by atoms with Crippen molar-refractivity contribution in [3.63, 3.8) is 0 Å². The van der Waals surface area contributed by atoms with Crippen molar-refractivity contribution in [2.24, 2.45) is 11.0 Å². The molecule has 3 rings (SSSR count). The average molecular weight is 488 g/mol. The fourth-order valence-electron chi connectivity index (χ4n) is 4.46. The number of carbonyl (C=O) groups is 1. The highest BCUT2D eigenvalue weighted by Crippen LogP contribution is 2.33. The van der Waals surface area contributed by atoms with Crippen LogP contribution in [-0.4, -0.2) is 47.6 Å². The van der Waals surface area contributed by atoms with E-state index in [1.54, 1.807) is 6.92 Å². The van der Waals surface area contributed by atoms with Crippen LogP contribution < -0.4 is 5.43 Å². The smallest absolute Gasteiger partial charge is 0.243 e. The molecule has 0 spiro atoms. The first kappa shape index (κ1) is 25.7. The monoisotopic (exact) mass is 487 g/mol. The number of amides is 1. The maximum absolute atomic E-state index is 13.5. The standard InChI is InChI=1S/C25H33N3O5S/c1-14-15(2)17(4)24(18(5)16(14)3)34(32,33)28-11-9-20(10-12-28)25(31)27-26-19(6)22-8-7-21(29)13-23(22)30/h7-8,13,20,29-30H,9-12H2,1-6H3,(H,27,31)/b26-19+. The second kappa shape index (κ2) is 9.76. The molecule has 0 aliphatic carbocycles. The maximum atomic E-state index is 13.5. The Morgan fingerprint density at radius 1 is 0.971 bits per heavy atom. The van der Waals surface area contributed by atoms with Crippen molar-refractivity contribution in [2.75, 3.05) is 13.1 Å². The summed E-state index contributed by atoms with van der Waals surface area (Å²) in [6.45, 7) is 11.8. The summed E-state index contributed by atoms with van der Waals surface area (Å²) in [5, 5.41) is 23.4. The molecule has 0 bridgehead atoms. The lowest BCUT2D eigenvalue weighted by Gasteiger charge is -2.31. The van der Waals surface area contributed by atoms with Gasteiger partial charge in [0.25, 0.3) is 0 Å². The van der Waals surface area contributed by atoms with E-state index < -0.39 is 10.0 Å². The van der Waals surface area contributed by atoms with Gasteiger partial charge in [0, 0.05) is 30.6 Å². The van der Waals surface area contributed by atoms with Gasteiger partial charge in [0.15, 0.2) is 0 Å². The minimum Gasteiger partial charge on any atom is -0.508 e. The Morgan fingerprint density at radius 3 is 2.03 bits per heavy atom. The van der Waals surface area contributed by atoms with Crippen LogP contribution in [0.2, 0.25) is 0 Å². The van der Waals surface area contributed by atoms with Crippen molar-refractivity contribution in [2.45, 2.75) is 59.3 Å². The van der Waals surface area contributed by atoms with Crippen LogP contribution in [0.25, 0.3) is 0 Å². The molecule has 0 atom stereocenters. The predicted molar refractivity (Wildman–Crippen MR) is 132 cm³/mol. The van der Waals surface area contributed by atoms with Gasteiger partial charge in [-0.3, -0.25) is 4.79 Å². The zero-order chi connectivity index (χ0) is 25.4. The van der Waals surface area contributed by atoms with E-state index in [4.69, 9.17) is 0 Å². The maximum Gasteiger partial charge on any atom is 0.243 e. The highest BCUT2D eigenvalue weighted by molar-refractivity contribution is 7.89. The van der Waals surface area contributed by atoms with Crippen LogP contribution in [0.15, 0.2) is 28.2 Å². The number of hydrazone groups is 1. The van der Waals surface area contributed by atoms with Gasteiger partial charge in [-0.25, -0.2) is 13.8 Å². The fraction of sp³-hybridized carbons (Fsp3) is 0.440. The van der Waals surface area contributed by atoms with E-state index in [2.05, 4.69) is 10.5 Å². The quantitative estimate of drug-likeness (QED) is 0.440. The van der Waals surface area contributed by atoms with Gasteiger partial charge in [-0.2, -0.15) is 9.41 Å². The Bertz CT molecular complexity index is 1230. The zero-order valence-electron chi connectivity index (χ0n) is 20.6. The van der Waals surface area contributed by atoms with E-state index in [-0.39, 0.29) is 36.4 Å². The molecule has 1 heterocycles. The van der Waals surface area contributed by atoms with E-state index in [0.29, 0.717) is 29.0 Å². The second-order valence-electron chi connectivity index (χ2n) is 9.01. The molecule has 0 radical (unpaired) electrons. The number of rotatable bonds is 5. The van der Waals surface area contributed by atoms with Gasteiger partial charge in [0.05, 0.1) is 10.6 Å². The molecule has 3 N–H and O–H groups in total. The summed E-state index contributed by atoms with van der Waals surface area (Å²) in [7, 11) is -3.68. The lowest BCUT2D eigenvalue weighted by molar-refractivity contribution is -0.126. The SMILES string of the molecule is C/C(=N\NC(=O)C1CCN(S(=O)(=O)c2c(C)c(C)c(C)c(C)c2C)CC1)c1ccc(O)cc1O. The first-order chi connectivity index (χ1) is 15.9. The minimum atomic E-state index is -3.68. The zero-order valence-corrected chi connectivity index (χ0v) is 21.4. The lowest BCUT2D eigenvalue weighted by Crippen LogP contribution is -2.42. The topological polar surface area (TPSA) is 119 Å². The van der Waals surface area contributed by atoms with Gasteiger partial charge in [0.1, 0.15) is 11.5 Å². The summed E-state index contributed by atoms with van der Waals surface area (Å²) in [4.78, 5) is 13.0. The van der Waals surface area contributed by atoms with Crippen molar-refractivity contribution in [1.29, 1.82) is 0 Å². The van der Waals surface area contributed by atoms with E-state index >= 15 is 0 Å². The fourth-order valence-corrected chi connectivity index (χ4v) is 6.49. The minimum absolute atomic E-state index is 0.0684. The Hall–Kier alpha value is -2.91. The van der Waals surface area contributed by atoms with E-state index in [1.165, 1.54) is 22.5 Å². The first-order valence-electron chi connectivity index (χ1n) is 11.3. The Labute approximate surface area is 201 Å². The summed E-state index contributed by atoms with van der Waals surface area (Å²) in [6.07, 6.45) is 0.790. The molecule has 1 fully saturated rings. The number of hydrogen-bond donors (Lipinski definition) is 3. The highest BCUT2D eigenvalue weighted by Gasteiger charge is 2.34. The average Bonchev–Trinajstić information content (AvgIpc) is 2.79. The number of sulfonamides is 1. The molecule has 184 valence electrons. The Balaban J connectivity index is 1.70. The van der Waals surface area contributed by atoms with Crippen LogP contribution in [-0.2, 0) is 14.8 Å². The number of phenols is 2. The summed E-state index contributed by atoms with van der Waals surface area (Å²) >= 11 is 0. The summed E-state index contributed by atoms with van der Waals surface area (Å²) in [6, 6.07) is 4.14. The van der Waals surface area contributed by atoms with Crippen LogP contribution in [0.1, 0.15) is 53.1 Å². The third-order valence-electron chi connectivity index (χ3n) is 7.06. The second-order valence-corrected chi connectivity index (χ2v) is 10.9. The summed E-state index contributed by atoms with van der Waals surface area (Å²) < 4.78 is 28.5. The van der Waals surface area contributed by atoms with Crippen molar-refractivity contribution in [3.8, 4) is 11.5 Å². The number of nitrogens with one attached hydrogen (secondary N) is 1. The Kier molecular flexibility index (Phi) is 7.38. The van der Waals surface area contributed by atoms with Gasteiger partial charge in [0.2, 0.25) is 15.9 Å². The number of piperidine rings is 1. The van der Waals surface area contributed by atoms with E-state index in [9.17, 15) is 23.4 Å². The molecule has 1 saturated heterocycles. The molecule has 1 aliphatic rings. The number of carbonyl (C=O) groups excluding carboxylic acids is 1. The molecular weight excluding hydrogens is 454 g/mol. The predicted octanol–water partition coefficient (Wildman–Crippen LogP) is 3.58. The molecule has 1 amide bonds. The number of hydrogen-bond acceptors (Lipinski definition) is 6. The van der Waals surface area contributed by atoms with Crippen LogP contribution in [0.5, 0.6) is 11.5 Å². The molecule has 8 nitrogen and oxygen atoms in total. The van der Waals surface area contributed by atoms with Crippen LogP contribution in [0, 0.1) is 40.5 Å². The van der Waals surface area contributed by atoms with E-state index in [1.807, 2.05) is 34.6 Å². The van der Waals surface area contributed by atoms with E-state index in [0.717, 1.165) is 27.8 Å². The number of benzene rings is 2. The van der Waals surface area contributed by atoms with Crippen molar-refractivity contribution in [1.82, 2.24) is 9.73 Å². The molecule has 0 saturated carbocycles. The van der Waals surface area contributed by atoms with Gasteiger partial charge in [-0.1, -0.05) is 0 Å². The normalized spacial score (nSPS) is 16.0. The van der Waals surface area contributed by atoms with Crippen LogP contribution in [0.4, 0.5) is 0 Å². The first-order valence-corrected chi connectivity index (χ1v) is 12.7. The summed E-state index contributed by atoms with van der Waals surface area (Å²) in [5.74, 6) is -0.855. The largest absolute Gasteiger partial charge is 0.508 e. The van der Waals surface area contributed by atoms with Crippen molar-refractivity contribution < 1.29 is 23.4 Å². The molecule has 0 unspecified atom stereocenters. The third-order valence-corrected chi connectivity index (χ3v) is 9.23. The van der Waals surface area contributed by atoms with Gasteiger partial charge in [-0.05, 0) is 94.3 Å². The lowest BCUT2D eigenvalue weighted by atomic mass is 9.95. The number of aromatic hydroxyl groups is 2. The number of nitrogens with zero attached hydrogens (tertiary/aromatic N) is 2. The molecule has 9 heteroatoms. The van der Waals surface area contributed by atoms with Crippen molar-refractivity contribution >= 4 is 21.6 Å². The number of phenolic OH excluding ortho intramolecular Hbond substituents is 2. The molecule has 0 aromatic heterocycles. The summed E-state index contributed by atoms with van der Waals surface area (Å²) in [5.41, 5.74) is 7.96. The third kappa shape index (κ3) is 4.81. The molecular formula is C25H33N3O5S. The van der Waals surface area contributed by atoms with Crippen LogP contribution in [0.3, 0.4) is 0 Å².